The summed E-state index contributed by atoms with van der Waals surface area (Å²) in [4.78, 5) is 0. The highest BCUT2D eigenvalue weighted by Crippen LogP contribution is 2.28. The van der Waals surface area contributed by atoms with E-state index in [4.69, 9.17) is 15.9 Å². The Morgan fingerprint density at radius 1 is 1.28 bits per heavy atom. The van der Waals surface area contributed by atoms with Crippen LogP contribution in [-0.2, 0) is 6.54 Å². The molecule has 0 aliphatic heterocycles. The fraction of sp³-hybridized carbons (Fsp3) is 0.467. The van der Waals surface area contributed by atoms with Gasteiger partial charge in [0.15, 0.2) is 11.5 Å². The van der Waals surface area contributed by atoms with Gasteiger partial charge < -0.3 is 14.8 Å². The first kappa shape index (κ1) is 14.4. The van der Waals surface area contributed by atoms with Crippen LogP contribution in [-0.4, -0.2) is 19.3 Å². The van der Waals surface area contributed by atoms with Crippen LogP contribution in [0, 0.1) is 12.3 Å². The van der Waals surface area contributed by atoms with Gasteiger partial charge in [-0.05, 0) is 24.6 Å². The normalized spacial score (nSPS) is 10.2. The van der Waals surface area contributed by atoms with E-state index in [2.05, 4.69) is 25.1 Å². The summed E-state index contributed by atoms with van der Waals surface area (Å²) in [6.07, 6.45) is 5.19. The molecule has 0 amide bonds. The van der Waals surface area contributed by atoms with Gasteiger partial charge in [-0.3, -0.25) is 0 Å². The minimum absolute atomic E-state index is 0.254. The van der Waals surface area contributed by atoms with Crippen molar-refractivity contribution in [1.82, 2.24) is 5.32 Å². The standard InChI is InChI=1S/C15H21NO2/c1-5-9-18-14-8-7-13(11-16-12(3)4)10-15(14)17-6-2/h1,7-8,10,12,16H,6,9,11H2,2-4H3. The predicted molar refractivity (Wildman–Crippen MR) is 73.9 cm³/mol. The predicted octanol–water partition coefficient (Wildman–Crippen LogP) is 2.60. The molecule has 0 unspecified atom stereocenters. The molecule has 0 atom stereocenters. The zero-order valence-corrected chi connectivity index (χ0v) is 11.3. The third kappa shape index (κ3) is 4.68. The van der Waals surface area contributed by atoms with E-state index in [0.717, 1.165) is 12.3 Å². The molecule has 0 fully saturated rings. The lowest BCUT2D eigenvalue weighted by molar-refractivity contribution is 0.299. The van der Waals surface area contributed by atoms with E-state index >= 15 is 0 Å². The minimum atomic E-state index is 0.254. The lowest BCUT2D eigenvalue weighted by Crippen LogP contribution is -2.21. The topological polar surface area (TPSA) is 30.5 Å². The molecule has 3 nitrogen and oxygen atoms in total. The summed E-state index contributed by atoms with van der Waals surface area (Å²) in [7, 11) is 0. The molecule has 0 aliphatic rings. The lowest BCUT2D eigenvalue weighted by Gasteiger charge is -2.13. The highest BCUT2D eigenvalue weighted by molar-refractivity contribution is 5.43. The summed E-state index contributed by atoms with van der Waals surface area (Å²) in [5, 5.41) is 3.37. The summed E-state index contributed by atoms with van der Waals surface area (Å²) < 4.78 is 11.0. The monoisotopic (exact) mass is 247 g/mol. The summed E-state index contributed by atoms with van der Waals surface area (Å²) in [6.45, 7) is 7.86. The van der Waals surface area contributed by atoms with Crippen LogP contribution in [0.3, 0.4) is 0 Å². The van der Waals surface area contributed by atoms with Crippen LogP contribution in [0.25, 0.3) is 0 Å². The Labute approximate surface area is 109 Å². The summed E-state index contributed by atoms with van der Waals surface area (Å²) >= 11 is 0. The van der Waals surface area contributed by atoms with Gasteiger partial charge in [0.25, 0.3) is 0 Å². The molecule has 3 heteroatoms. The van der Waals surface area contributed by atoms with Crippen molar-refractivity contribution in [3.8, 4) is 23.8 Å². The Kier molecular flexibility index (Phi) is 6.10. The average molecular weight is 247 g/mol. The molecular weight excluding hydrogens is 226 g/mol. The van der Waals surface area contributed by atoms with Crippen LogP contribution in [0.2, 0.25) is 0 Å². The first-order valence-corrected chi connectivity index (χ1v) is 6.22. The van der Waals surface area contributed by atoms with Gasteiger partial charge in [0.1, 0.15) is 6.61 Å². The maximum atomic E-state index is 5.56. The van der Waals surface area contributed by atoms with Gasteiger partial charge in [0.05, 0.1) is 6.61 Å². The van der Waals surface area contributed by atoms with Crippen molar-refractivity contribution in [3.05, 3.63) is 23.8 Å². The molecule has 1 N–H and O–H groups in total. The fourth-order valence-electron chi connectivity index (χ4n) is 1.49. The van der Waals surface area contributed by atoms with E-state index in [1.807, 2.05) is 25.1 Å². The van der Waals surface area contributed by atoms with E-state index in [1.165, 1.54) is 5.56 Å². The van der Waals surface area contributed by atoms with Crippen LogP contribution < -0.4 is 14.8 Å². The van der Waals surface area contributed by atoms with E-state index < -0.39 is 0 Å². The zero-order valence-electron chi connectivity index (χ0n) is 11.3. The van der Waals surface area contributed by atoms with Crippen molar-refractivity contribution >= 4 is 0 Å². The van der Waals surface area contributed by atoms with E-state index in [-0.39, 0.29) is 6.61 Å². The average Bonchev–Trinajstić information content (AvgIpc) is 2.35. The van der Waals surface area contributed by atoms with Crippen LogP contribution >= 0.6 is 0 Å². The molecule has 0 saturated heterocycles. The molecule has 0 spiro atoms. The molecule has 98 valence electrons. The van der Waals surface area contributed by atoms with Crippen molar-refractivity contribution in [2.45, 2.75) is 33.4 Å². The van der Waals surface area contributed by atoms with Gasteiger partial charge in [-0.1, -0.05) is 25.8 Å². The van der Waals surface area contributed by atoms with Gasteiger partial charge in [0, 0.05) is 12.6 Å². The smallest absolute Gasteiger partial charge is 0.162 e. The van der Waals surface area contributed by atoms with Crippen molar-refractivity contribution in [1.29, 1.82) is 0 Å². The second kappa shape index (κ2) is 7.62. The van der Waals surface area contributed by atoms with Gasteiger partial charge in [-0.2, -0.15) is 0 Å². The van der Waals surface area contributed by atoms with Gasteiger partial charge >= 0.3 is 0 Å². The van der Waals surface area contributed by atoms with Crippen LogP contribution in [0.5, 0.6) is 11.5 Å². The van der Waals surface area contributed by atoms with Crippen LogP contribution in [0.4, 0.5) is 0 Å². The molecular formula is C15H21NO2. The lowest BCUT2D eigenvalue weighted by atomic mass is 10.2. The number of benzene rings is 1. The second-order valence-corrected chi connectivity index (χ2v) is 4.24. The summed E-state index contributed by atoms with van der Waals surface area (Å²) in [6, 6.07) is 6.37. The Morgan fingerprint density at radius 3 is 2.67 bits per heavy atom. The third-order valence-corrected chi connectivity index (χ3v) is 2.33. The number of terminal acetylenes is 1. The van der Waals surface area contributed by atoms with Gasteiger partial charge in [-0.25, -0.2) is 0 Å². The maximum Gasteiger partial charge on any atom is 0.162 e. The quantitative estimate of drug-likeness (QED) is 0.751. The van der Waals surface area contributed by atoms with Gasteiger partial charge in [-0.15, -0.1) is 6.42 Å². The first-order chi connectivity index (χ1) is 8.67. The number of hydrogen-bond acceptors (Lipinski definition) is 3. The molecule has 0 aromatic heterocycles. The molecule has 1 aromatic carbocycles. The largest absolute Gasteiger partial charge is 0.490 e. The Bertz CT molecular complexity index is 407. The highest BCUT2D eigenvalue weighted by Gasteiger charge is 2.06. The number of nitrogens with one attached hydrogen (secondary N) is 1. The molecule has 0 bridgehead atoms. The SMILES string of the molecule is C#CCOc1ccc(CNC(C)C)cc1OCC. The van der Waals surface area contributed by atoms with Crippen LogP contribution in [0.15, 0.2) is 18.2 Å². The minimum Gasteiger partial charge on any atom is -0.490 e. The summed E-state index contributed by atoms with van der Waals surface area (Å²) in [5.74, 6) is 3.89. The number of hydrogen-bond donors (Lipinski definition) is 1. The zero-order chi connectivity index (χ0) is 13.4. The molecule has 0 aliphatic carbocycles. The third-order valence-electron chi connectivity index (χ3n) is 2.33. The highest BCUT2D eigenvalue weighted by atomic mass is 16.5. The molecule has 1 aromatic rings. The van der Waals surface area contributed by atoms with E-state index in [0.29, 0.717) is 18.4 Å². The number of rotatable bonds is 7. The van der Waals surface area contributed by atoms with Crippen molar-refractivity contribution in [2.24, 2.45) is 0 Å². The van der Waals surface area contributed by atoms with Crippen molar-refractivity contribution in [2.75, 3.05) is 13.2 Å². The molecule has 1 rings (SSSR count). The molecule has 0 heterocycles. The molecule has 0 saturated carbocycles. The van der Waals surface area contributed by atoms with E-state index in [9.17, 15) is 0 Å². The Balaban J connectivity index is 2.78. The Morgan fingerprint density at radius 2 is 2.06 bits per heavy atom. The van der Waals surface area contributed by atoms with Crippen LogP contribution in [0.1, 0.15) is 26.3 Å². The fourth-order valence-corrected chi connectivity index (χ4v) is 1.49. The molecule has 18 heavy (non-hydrogen) atoms. The maximum absolute atomic E-state index is 5.56. The van der Waals surface area contributed by atoms with Gasteiger partial charge in [0.2, 0.25) is 0 Å². The van der Waals surface area contributed by atoms with Crippen molar-refractivity contribution < 1.29 is 9.47 Å². The van der Waals surface area contributed by atoms with Crippen molar-refractivity contribution in [3.63, 3.8) is 0 Å². The molecule has 0 radical (unpaired) electrons. The number of ether oxygens (including phenoxy) is 2. The first-order valence-electron chi connectivity index (χ1n) is 6.22. The second-order valence-electron chi connectivity index (χ2n) is 4.24. The Hall–Kier alpha value is -1.66. The summed E-state index contributed by atoms with van der Waals surface area (Å²) in [5.41, 5.74) is 1.17. The van der Waals surface area contributed by atoms with E-state index in [1.54, 1.807) is 0 Å².